The molecule has 3 aromatic carbocycles. The van der Waals surface area contributed by atoms with E-state index >= 15 is 0 Å². The van der Waals surface area contributed by atoms with Gasteiger partial charge in [-0.15, -0.1) is 0 Å². The molecule has 1 aliphatic carbocycles. The van der Waals surface area contributed by atoms with Gasteiger partial charge in [-0.2, -0.15) is 0 Å². The summed E-state index contributed by atoms with van der Waals surface area (Å²) in [7, 11) is 0. The summed E-state index contributed by atoms with van der Waals surface area (Å²) in [5.74, 6) is -0.371. The molecule has 0 amide bonds. The van der Waals surface area contributed by atoms with Crippen molar-refractivity contribution in [3.63, 3.8) is 0 Å². The van der Waals surface area contributed by atoms with Crippen molar-refractivity contribution in [2.45, 2.75) is 96.5 Å². The smallest absolute Gasteiger partial charge is 0.343 e. The average molecular weight is 527 g/mol. The highest BCUT2D eigenvalue weighted by Gasteiger charge is 2.36. The molecule has 0 unspecified atom stereocenters. The molecule has 0 atom stereocenters. The molecule has 0 aromatic heterocycles. The lowest BCUT2D eigenvalue weighted by Gasteiger charge is -2.39. The van der Waals surface area contributed by atoms with Gasteiger partial charge in [-0.1, -0.05) is 76.4 Å². The number of hydrogen-bond donors (Lipinski definition) is 0. The Labute approximate surface area is 233 Å². The van der Waals surface area contributed by atoms with E-state index in [4.69, 9.17) is 9.47 Å². The van der Waals surface area contributed by atoms with Gasteiger partial charge in [0.2, 0.25) is 0 Å². The van der Waals surface area contributed by atoms with Crippen LogP contribution in [-0.4, -0.2) is 17.5 Å². The van der Waals surface area contributed by atoms with Crippen molar-refractivity contribution in [3.05, 3.63) is 101 Å². The summed E-state index contributed by atoms with van der Waals surface area (Å²) in [5, 5.41) is 0. The molecule has 0 aliphatic heterocycles. The van der Waals surface area contributed by atoms with Crippen LogP contribution < -0.4 is 4.74 Å². The van der Waals surface area contributed by atoms with Crippen LogP contribution in [0.15, 0.2) is 72.8 Å². The largest absolute Gasteiger partial charge is 0.456 e. The summed E-state index contributed by atoms with van der Waals surface area (Å²) in [6.07, 6.45) is 7.02. The maximum atomic E-state index is 12.8. The number of carbonyl (C=O) groups is 2. The van der Waals surface area contributed by atoms with E-state index in [1.54, 1.807) is 24.3 Å². The molecule has 0 radical (unpaired) electrons. The maximum absolute atomic E-state index is 12.8. The molecular weight excluding hydrogens is 484 g/mol. The van der Waals surface area contributed by atoms with Crippen LogP contribution in [0.4, 0.5) is 0 Å². The first-order valence-corrected chi connectivity index (χ1v) is 14.2. The van der Waals surface area contributed by atoms with E-state index in [0.717, 1.165) is 19.3 Å². The Hall–Kier alpha value is -3.40. The van der Waals surface area contributed by atoms with E-state index in [0.29, 0.717) is 16.9 Å². The van der Waals surface area contributed by atoms with E-state index < -0.39 is 17.5 Å². The molecular formula is C35H42O4. The normalized spacial score (nSPS) is 15.4. The molecule has 4 rings (SSSR count). The van der Waals surface area contributed by atoms with Gasteiger partial charge in [0.1, 0.15) is 11.4 Å². The molecule has 0 bridgehead atoms. The lowest BCUT2D eigenvalue weighted by molar-refractivity contribution is 0.00691. The van der Waals surface area contributed by atoms with Crippen LogP contribution in [0.5, 0.6) is 5.75 Å². The minimum Gasteiger partial charge on any atom is -0.456 e. The number of ether oxygens (including phenoxy) is 2. The minimum atomic E-state index is -0.577. The molecule has 39 heavy (non-hydrogen) atoms. The van der Waals surface area contributed by atoms with Gasteiger partial charge in [0.05, 0.1) is 11.1 Å². The molecule has 3 aromatic rings. The van der Waals surface area contributed by atoms with Gasteiger partial charge in [-0.3, -0.25) is 0 Å². The highest BCUT2D eigenvalue weighted by atomic mass is 16.6. The third kappa shape index (κ3) is 6.61. The second kappa shape index (κ2) is 11.4. The van der Waals surface area contributed by atoms with Crippen molar-refractivity contribution < 1.29 is 19.1 Å². The Kier molecular flexibility index (Phi) is 8.34. The maximum Gasteiger partial charge on any atom is 0.343 e. The van der Waals surface area contributed by atoms with Crippen LogP contribution in [-0.2, 0) is 15.6 Å². The van der Waals surface area contributed by atoms with Crippen LogP contribution in [0, 0.1) is 0 Å². The minimum absolute atomic E-state index is 0.0207. The Balaban J connectivity index is 1.50. The Morgan fingerprint density at radius 1 is 0.692 bits per heavy atom. The second-order valence-electron chi connectivity index (χ2n) is 12.5. The summed E-state index contributed by atoms with van der Waals surface area (Å²) in [6, 6.07) is 23.7. The molecule has 4 heteroatoms. The first-order chi connectivity index (χ1) is 18.4. The zero-order valence-electron chi connectivity index (χ0n) is 24.3. The number of carbonyl (C=O) groups excluding carboxylic acids is 2. The number of benzene rings is 3. The van der Waals surface area contributed by atoms with Crippen molar-refractivity contribution in [1.29, 1.82) is 0 Å². The second-order valence-corrected chi connectivity index (χ2v) is 12.5. The molecule has 0 spiro atoms. The fourth-order valence-electron chi connectivity index (χ4n) is 5.43. The Morgan fingerprint density at radius 3 is 1.67 bits per heavy atom. The van der Waals surface area contributed by atoms with Crippen LogP contribution in [0.25, 0.3) is 0 Å². The zero-order chi connectivity index (χ0) is 28.3. The fraction of sp³-hybridized carbons (Fsp3) is 0.429. The number of esters is 2. The van der Waals surface area contributed by atoms with E-state index in [1.807, 2.05) is 32.9 Å². The van der Waals surface area contributed by atoms with Crippen molar-refractivity contribution in [3.8, 4) is 5.75 Å². The molecule has 0 heterocycles. The van der Waals surface area contributed by atoms with Gasteiger partial charge in [0.15, 0.2) is 0 Å². The lowest BCUT2D eigenvalue weighted by atomic mass is 9.65. The zero-order valence-corrected chi connectivity index (χ0v) is 24.3. The van der Waals surface area contributed by atoms with Crippen LogP contribution >= 0.6 is 0 Å². The molecule has 0 saturated heterocycles. The van der Waals surface area contributed by atoms with Gasteiger partial charge < -0.3 is 9.47 Å². The van der Waals surface area contributed by atoms with Crippen LogP contribution in [0.3, 0.4) is 0 Å². The van der Waals surface area contributed by atoms with Crippen LogP contribution in [0.1, 0.15) is 117 Å². The summed E-state index contributed by atoms with van der Waals surface area (Å²) in [5.41, 5.74) is 4.36. The van der Waals surface area contributed by atoms with Crippen molar-refractivity contribution in [2.75, 3.05) is 0 Å². The highest BCUT2D eigenvalue weighted by Crippen LogP contribution is 2.45. The van der Waals surface area contributed by atoms with Crippen molar-refractivity contribution >= 4 is 11.9 Å². The third-order valence-corrected chi connectivity index (χ3v) is 8.18. The standard InChI is InChI=1S/C35H42O4/c1-7-34(5,6)27-15-17-28(18-16-27)35(23-9-8-10-24-35)29-19-21-30(22-20-29)38-31(36)25-11-13-26(14-12-25)32(37)39-33(2,3)4/h11-22H,7-10,23-24H2,1-6H3. The molecule has 206 valence electrons. The van der Waals surface area contributed by atoms with E-state index in [-0.39, 0.29) is 10.8 Å². The third-order valence-electron chi connectivity index (χ3n) is 8.18. The molecule has 1 aliphatic rings. The van der Waals surface area contributed by atoms with Gasteiger partial charge in [-0.05, 0) is 98.5 Å². The molecule has 1 saturated carbocycles. The Morgan fingerprint density at radius 2 is 1.18 bits per heavy atom. The first kappa shape index (κ1) is 28.6. The monoisotopic (exact) mass is 526 g/mol. The van der Waals surface area contributed by atoms with Gasteiger partial charge >= 0.3 is 11.9 Å². The van der Waals surface area contributed by atoms with Gasteiger partial charge in [-0.25, -0.2) is 9.59 Å². The predicted molar refractivity (Wildman–Crippen MR) is 157 cm³/mol. The first-order valence-electron chi connectivity index (χ1n) is 14.2. The summed E-state index contributed by atoms with van der Waals surface area (Å²) < 4.78 is 11.1. The lowest BCUT2D eigenvalue weighted by Crippen LogP contribution is -2.30. The summed E-state index contributed by atoms with van der Waals surface area (Å²) in [4.78, 5) is 25.1. The Bertz CT molecular complexity index is 1270. The summed E-state index contributed by atoms with van der Waals surface area (Å²) >= 11 is 0. The SMILES string of the molecule is CCC(C)(C)c1ccc(C2(c3ccc(OC(=O)c4ccc(C(=O)OC(C)(C)C)cc4)cc3)CCCCC2)cc1. The summed E-state index contributed by atoms with van der Waals surface area (Å²) in [6.45, 7) is 12.3. The van der Waals surface area contributed by atoms with E-state index in [1.165, 1.54) is 36.0 Å². The van der Waals surface area contributed by atoms with Gasteiger partial charge in [0, 0.05) is 5.41 Å². The van der Waals surface area contributed by atoms with E-state index in [2.05, 4.69) is 57.2 Å². The quantitative estimate of drug-likeness (QED) is 0.228. The van der Waals surface area contributed by atoms with Crippen molar-refractivity contribution in [2.24, 2.45) is 0 Å². The number of rotatable bonds is 7. The van der Waals surface area contributed by atoms with Crippen LogP contribution in [0.2, 0.25) is 0 Å². The van der Waals surface area contributed by atoms with Gasteiger partial charge in [0.25, 0.3) is 0 Å². The highest BCUT2D eigenvalue weighted by molar-refractivity contribution is 5.94. The number of hydrogen-bond acceptors (Lipinski definition) is 4. The molecule has 4 nitrogen and oxygen atoms in total. The fourth-order valence-corrected chi connectivity index (χ4v) is 5.43. The van der Waals surface area contributed by atoms with Crippen molar-refractivity contribution in [1.82, 2.24) is 0 Å². The van der Waals surface area contributed by atoms with E-state index in [9.17, 15) is 9.59 Å². The topological polar surface area (TPSA) is 52.6 Å². The average Bonchev–Trinajstić information content (AvgIpc) is 2.93. The molecule has 1 fully saturated rings. The molecule has 0 N–H and O–H groups in total. The predicted octanol–water partition coefficient (Wildman–Crippen LogP) is 8.80.